The molecule has 0 aliphatic heterocycles. The van der Waals surface area contributed by atoms with E-state index in [2.05, 4.69) is 5.32 Å². The predicted molar refractivity (Wildman–Crippen MR) is 89.0 cm³/mol. The van der Waals surface area contributed by atoms with Gasteiger partial charge in [0.05, 0.1) is 12.6 Å². The summed E-state index contributed by atoms with van der Waals surface area (Å²) in [5, 5.41) is 12.0. The molecular weight excluding hydrogens is 311 g/mol. The van der Waals surface area contributed by atoms with E-state index in [9.17, 15) is 14.0 Å². The fourth-order valence-electron chi connectivity index (χ4n) is 3.21. The van der Waals surface area contributed by atoms with Gasteiger partial charge in [-0.1, -0.05) is 25.0 Å². The Bertz CT molecular complexity index is 570. The second-order valence-corrected chi connectivity index (χ2v) is 6.57. The molecule has 0 bridgehead atoms. The van der Waals surface area contributed by atoms with Crippen molar-refractivity contribution in [3.8, 4) is 0 Å². The number of likely N-dealkylation sites (N-methyl/N-ethyl adjacent to an activating group) is 1. The van der Waals surface area contributed by atoms with Crippen LogP contribution in [-0.2, 0) is 9.59 Å². The highest BCUT2D eigenvalue weighted by Crippen LogP contribution is 2.35. The molecule has 2 unspecified atom stereocenters. The molecular formula is C18H25FN2O3. The van der Waals surface area contributed by atoms with E-state index >= 15 is 0 Å². The van der Waals surface area contributed by atoms with E-state index in [4.69, 9.17) is 5.11 Å². The maximum atomic E-state index is 13.2. The van der Waals surface area contributed by atoms with Gasteiger partial charge in [0.25, 0.3) is 0 Å². The van der Waals surface area contributed by atoms with E-state index in [1.54, 1.807) is 26.1 Å². The molecule has 0 aromatic heterocycles. The van der Waals surface area contributed by atoms with Crippen LogP contribution in [-0.4, -0.2) is 41.5 Å². The standard InChI is InChI=1S/C18H25FN2O3/c1-12(18(23)24)21(2)11-16(22)20-17(13-5-3-4-6-13)14-7-9-15(19)10-8-14/h7-10,12-13,17H,3-6,11H2,1-2H3,(H,20,22)(H,23,24). The number of benzene rings is 1. The monoisotopic (exact) mass is 336 g/mol. The van der Waals surface area contributed by atoms with Crippen molar-refractivity contribution in [2.24, 2.45) is 5.92 Å². The van der Waals surface area contributed by atoms with E-state index in [1.165, 1.54) is 17.0 Å². The highest BCUT2D eigenvalue weighted by molar-refractivity contribution is 5.80. The smallest absolute Gasteiger partial charge is 0.320 e. The van der Waals surface area contributed by atoms with Crippen molar-refractivity contribution in [2.75, 3.05) is 13.6 Å². The highest BCUT2D eigenvalue weighted by Gasteiger charge is 2.28. The molecule has 1 aromatic carbocycles. The molecule has 0 heterocycles. The van der Waals surface area contributed by atoms with Crippen molar-refractivity contribution >= 4 is 11.9 Å². The Morgan fingerprint density at radius 2 is 1.88 bits per heavy atom. The lowest BCUT2D eigenvalue weighted by Gasteiger charge is -2.27. The van der Waals surface area contributed by atoms with Gasteiger partial charge in [-0.15, -0.1) is 0 Å². The summed E-state index contributed by atoms with van der Waals surface area (Å²) in [7, 11) is 1.61. The summed E-state index contributed by atoms with van der Waals surface area (Å²) in [6, 6.07) is 5.34. The van der Waals surface area contributed by atoms with Crippen molar-refractivity contribution in [2.45, 2.75) is 44.7 Å². The Morgan fingerprint density at radius 3 is 2.42 bits per heavy atom. The van der Waals surface area contributed by atoms with Gasteiger partial charge >= 0.3 is 5.97 Å². The van der Waals surface area contributed by atoms with Gasteiger partial charge < -0.3 is 10.4 Å². The number of carboxylic acids is 1. The molecule has 1 aliphatic rings. The maximum absolute atomic E-state index is 13.2. The number of hydrogen-bond acceptors (Lipinski definition) is 3. The molecule has 6 heteroatoms. The molecule has 5 nitrogen and oxygen atoms in total. The largest absolute Gasteiger partial charge is 0.480 e. The summed E-state index contributed by atoms with van der Waals surface area (Å²) in [5.74, 6) is -1.14. The fraction of sp³-hybridized carbons (Fsp3) is 0.556. The van der Waals surface area contributed by atoms with Crippen LogP contribution in [0.2, 0.25) is 0 Å². The van der Waals surface area contributed by atoms with Crippen molar-refractivity contribution in [3.05, 3.63) is 35.6 Å². The minimum Gasteiger partial charge on any atom is -0.480 e. The third kappa shape index (κ3) is 4.77. The van der Waals surface area contributed by atoms with E-state index in [0.29, 0.717) is 5.92 Å². The van der Waals surface area contributed by atoms with Gasteiger partial charge in [-0.05, 0) is 50.4 Å². The van der Waals surface area contributed by atoms with Crippen LogP contribution >= 0.6 is 0 Å². The van der Waals surface area contributed by atoms with Crippen LogP contribution in [0.3, 0.4) is 0 Å². The first-order valence-corrected chi connectivity index (χ1v) is 8.36. The summed E-state index contributed by atoms with van der Waals surface area (Å²) in [5.41, 5.74) is 0.894. The van der Waals surface area contributed by atoms with Crippen LogP contribution in [0, 0.1) is 11.7 Å². The number of carbonyl (C=O) groups is 2. The maximum Gasteiger partial charge on any atom is 0.320 e. The molecule has 2 atom stereocenters. The van der Waals surface area contributed by atoms with Crippen LogP contribution in [0.5, 0.6) is 0 Å². The molecule has 24 heavy (non-hydrogen) atoms. The molecule has 132 valence electrons. The first-order chi connectivity index (χ1) is 11.4. The van der Waals surface area contributed by atoms with Gasteiger partial charge in [0.1, 0.15) is 11.9 Å². The number of halogens is 1. The summed E-state index contributed by atoms with van der Waals surface area (Å²) in [6.45, 7) is 1.56. The summed E-state index contributed by atoms with van der Waals surface area (Å²) < 4.78 is 13.2. The van der Waals surface area contributed by atoms with Crippen LogP contribution < -0.4 is 5.32 Å². The van der Waals surface area contributed by atoms with E-state index in [-0.39, 0.29) is 24.3 Å². The topological polar surface area (TPSA) is 69.6 Å². The van der Waals surface area contributed by atoms with Crippen LogP contribution in [0.25, 0.3) is 0 Å². The molecule has 1 fully saturated rings. The zero-order chi connectivity index (χ0) is 17.7. The lowest BCUT2D eigenvalue weighted by Crippen LogP contribution is -2.44. The molecule has 0 radical (unpaired) electrons. The Labute approximate surface area is 141 Å². The van der Waals surface area contributed by atoms with Crippen LogP contribution in [0.4, 0.5) is 4.39 Å². The van der Waals surface area contributed by atoms with Crippen molar-refractivity contribution < 1.29 is 19.1 Å². The number of nitrogens with one attached hydrogen (secondary N) is 1. The summed E-state index contributed by atoms with van der Waals surface area (Å²) >= 11 is 0. The molecule has 1 aliphatic carbocycles. The second-order valence-electron chi connectivity index (χ2n) is 6.57. The van der Waals surface area contributed by atoms with Gasteiger partial charge in [0, 0.05) is 0 Å². The van der Waals surface area contributed by atoms with Crippen molar-refractivity contribution in [1.29, 1.82) is 0 Å². The van der Waals surface area contributed by atoms with E-state index < -0.39 is 12.0 Å². The average molecular weight is 336 g/mol. The summed E-state index contributed by atoms with van der Waals surface area (Å²) in [6.07, 6.45) is 4.33. The molecule has 1 saturated carbocycles. The Morgan fingerprint density at radius 1 is 1.29 bits per heavy atom. The number of carboxylic acid groups (broad SMARTS) is 1. The fourth-order valence-corrected chi connectivity index (χ4v) is 3.21. The van der Waals surface area contributed by atoms with Crippen molar-refractivity contribution in [1.82, 2.24) is 10.2 Å². The third-order valence-electron chi connectivity index (χ3n) is 4.83. The molecule has 2 N–H and O–H groups in total. The van der Waals surface area contributed by atoms with Gasteiger partial charge in [-0.2, -0.15) is 0 Å². The van der Waals surface area contributed by atoms with Crippen LogP contribution in [0.1, 0.15) is 44.2 Å². The van der Waals surface area contributed by atoms with E-state index in [0.717, 1.165) is 31.2 Å². The third-order valence-corrected chi connectivity index (χ3v) is 4.83. The summed E-state index contributed by atoms with van der Waals surface area (Å²) in [4.78, 5) is 24.9. The number of hydrogen-bond donors (Lipinski definition) is 2. The highest BCUT2D eigenvalue weighted by atomic mass is 19.1. The molecule has 2 rings (SSSR count). The second kappa shape index (κ2) is 8.24. The Balaban J connectivity index is 2.06. The zero-order valence-corrected chi connectivity index (χ0v) is 14.2. The van der Waals surface area contributed by atoms with Gasteiger partial charge in [0.2, 0.25) is 5.91 Å². The molecule has 1 amide bonds. The first kappa shape index (κ1) is 18.4. The number of rotatable bonds is 7. The molecule has 0 spiro atoms. The Hall–Kier alpha value is -1.95. The van der Waals surface area contributed by atoms with Gasteiger partial charge in [-0.3, -0.25) is 14.5 Å². The minimum atomic E-state index is -0.962. The molecule has 1 aromatic rings. The lowest BCUT2D eigenvalue weighted by atomic mass is 9.91. The van der Waals surface area contributed by atoms with Gasteiger partial charge in [-0.25, -0.2) is 4.39 Å². The first-order valence-electron chi connectivity index (χ1n) is 8.36. The molecule has 0 saturated heterocycles. The zero-order valence-electron chi connectivity index (χ0n) is 14.2. The Kier molecular flexibility index (Phi) is 6.31. The predicted octanol–water partition coefficient (Wildman–Crippen LogP) is 2.58. The number of carbonyl (C=O) groups excluding carboxylic acids is 1. The lowest BCUT2D eigenvalue weighted by molar-refractivity contribution is -0.142. The van der Waals surface area contributed by atoms with Crippen molar-refractivity contribution in [3.63, 3.8) is 0 Å². The number of amides is 1. The van der Waals surface area contributed by atoms with E-state index in [1.807, 2.05) is 0 Å². The quantitative estimate of drug-likeness (QED) is 0.803. The number of aliphatic carboxylic acids is 1. The normalized spacial score (nSPS) is 17.7. The minimum absolute atomic E-state index is 0.0118. The van der Waals surface area contributed by atoms with Crippen LogP contribution in [0.15, 0.2) is 24.3 Å². The SMILES string of the molecule is CC(C(=O)O)N(C)CC(=O)NC(c1ccc(F)cc1)C1CCCC1. The van der Waals surface area contributed by atoms with Gasteiger partial charge in [0.15, 0.2) is 0 Å². The average Bonchev–Trinajstić information content (AvgIpc) is 3.06. The number of nitrogens with zero attached hydrogens (tertiary/aromatic N) is 1.